The lowest BCUT2D eigenvalue weighted by molar-refractivity contribution is 0.229. The van der Waals surface area contributed by atoms with E-state index in [2.05, 4.69) is 34.9 Å². The average molecular weight is 560 g/mol. The number of rotatable bonds is 10. The molecule has 1 unspecified atom stereocenters. The lowest BCUT2D eigenvalue weighted by Crippen LogP contribution is -2.23. The largest absolute Gasteiger partial charge is 0.497 e. The Morgan fingerprint density at radius 2 is 1.31 bits per heavy atom. The molecule has 0 amide bonds. The molecule has 0 aliphatic rings. The molecule has 1 atom stereocenters. The van der Waals surface area contributed by atoms with Crippen molar-refractivity contribution in [1.29, 1.82) is 0 Å². The molecule has 0 bridgehead atoms. The van der Waals surface area contributed by atoms with Crippen LogP contribution < -0.4 is 10.2 Å². The van der Waals surface area contributed by atoms with Gasteiger partial charge in [0.15, 0.2) is 0 Å². The third-order valence-electron chi connectivity index (χ3n) is 6.69. The summed E-state index contributed by atoms with van der Waals surface area (Å²) in [6.07, 6.45) is 0. The highest BCUT2D eigenvalue weighted by molar-refractivity contribution is 7.62. The molecule has 200 valence electrons. The maximum atomic E-state index is 14.6. The van der Waals surface area contributed by atoms with E-state index in [1.807, 2.05) is 86.6 Å². The number of fused-ring (bicyclic) bond motifs is 1. The van der Waals surface area contributed by atoms with Crippen molar-refractivity contribution >= 4 is 35.4 Å². The Hall–Kier alpha value is -3.34. The third kappa shape index (κ3) is 5.28. The number of benzene rings is 4. The molecule has 39 heavy (non-hydrogen) atoms. The number of ether oxygens (including phenoxy) is 1. The predicted molar refractivity (Wildman–Crippen MR) is 159 cm³/mol. The molecule has 0 radical (unpaired) electrons. The van der Waals surface area contributed by atoms with Crippen LogP contribution in [0.15, 0.2) is 103 Å². The number of halogens is 1. The van der Waals surface area contributed by atoms with Gasteiger partial charge in [-0.25, -0.2) is 0 Å². The molecule has 7 heteroatoms. The Morgan fingerprint density at radius 3 is 1.90 bits per heavy atom. The van der Waals surface area contributed by atoms with Gasteiger partial charge in [-0.15, -0.1) is 0 Å². The quantitative estimate of drug-likeness (QED) is 0.161. The minimum Gasteiger partial charge on any atom is -0.497 e. The normalized spacial score (nSPS) is 12.5. The molecule has 5 rings (SSSR count). The van der Waals surface area contributed by atoms with Crippen LogP contribution in [0.2, 0.25) is 5.02 Å². The summed E-state index contributed by atoms with van der Waals surface area (Å²) >= 11 is 6.30. The van der Waals surface area contributed by atoms with Crippen LogP contribution in [-0.2, 0) is 13.6 Å². The van der Waals surface area contributed by atoms with Crippen molar-refractivity contribution in [2.45, 2.75) is 19.8 Å². The first kappa shape index (κ1) is 27.2. The van der Waals surface area contributed by atoms with Crippen molar-refractivity contribution in [2.24, 2.45) is 0 Å². The van der Waals surface area contributed by atoms with Crippen LogP contribution in [0.25, 0.3) is 16.5 Å². The molecule has 5 aromatic rings. The zero-order chi connectivity index (χ0) is 27.4. The summed E-state index contributed by atoms with van der Waals surface area (Å²) in [6, 6.07) is 34.0. The lowest BCUT2D eigenvalue weighted by atomic mass is 9.86. The van der Waals surface area contributed by atoms with Crippen LogP contribution in [0, 0.1) is 0 Å². The van der Waals surface area contributed by atoms with Crippen molar-refractivity contribution in [2.75, 3.05) is 20.3 Å². The maximum Gasteiger partial charge on any atom is 0.378 e. The van der Waals surface area contributed by atoms with Crippen LogP contribution in [0.5, 0.6) is 5.75 Å². The standard InChI is InChI=1S/C32H31ClNO4P/c1-4-37-39(35,38-5-2)32-29-14-10-9-13-28(29)31(34(32)26-19-17-25(33)18-20-26)30(23-11-7-6-8-12-23)24-15-21-27(36-3)22-16-24/h6-22,30H,4-5H2,1-3H3. The summed E-state index contributed by atoms with van der Waals surface area (Å²) in [5.74, 6) is 0.574. The van der Waals surface area contributed by atoms with E-state index in [-0.39, 0.29) is 19.1 Å². The Balaban J connectivity index is 1.93. The predicted octanol–water partition coefficient (Wildman–Crippen LogP) is 8.36. The molecule has 0 aliphatic heterocycles. The minimum absolute atomic E-state index is 0.205. The van der Waals surface area contributed by atoms with Crippen molar-refractivity contribution in [1.82, 2.24) is 4.57 Å². The van der Waals surface area contributed by atoms with Crippen LogP contribution >= 0.6 is 19.2 Å². The van der Waals surface area contributed by atoms with Gasteiger partial charge in [-0.1, -0.05) is 78.3 Å². The molecule has 5 nitrogen and oxygen atoms in total. The fraction of sp³-hybridized carbons (Fsp3) is 0.188. The van der Waals surface area contributed by atoms with E-state index >= 15 is 0 Å². The van der Waals surface area contributed by atoms with Gasteiger partial charge in [0, 0.05) is 27.2 Å². The Morgan fingerprint density at radius 1 is 0.744 bits per heavy atom. The van der Waals surface area contributed by atoms with E-state index in [0.717, 1.165) is 39.0 Å². The van der Waals surface area contributed by atoms with Crippen LogP contribution in [-0.4, -0.2) is 24.9 Å². The van der Waals surface area contributed by atoms with Gasteiger partial charge in [0.2, 0.25) is 0 Å². The van der Waals surface area contributed by atoms with Gasteiger partial charge in [0.25, 0.3) is 0 Å². The van der Waals surface area contributed by atoms with Gasteiger partial charge < -0.3 is 18.4 Å². The Kier molecular flexibility index (Phi) is 8.25. The topological polar surface area (TPSA) is 49.7 Å². The zero-order valence-corrected chi connectivity index (χ0v) is 23.9. The molecule has 0 spiro atoms. The molecule has 0 saturated carbocycles. The van der Waals surface area contributed by atoms with E-state index in [1.165, 1.54) is 0 Å². The zero-order valence-electron chi connectivity index (χ0n) is 22.2. The van der Waals surface area contributed by atoms with E-state index in [1.54, 1.807) is 7.11 Å². The van der Waals surface area contributed by atoms with E-state index in [4.69, 9.17) is 25.4 Å². The van der Waals surface area contributed by atoms with Crippen molar-refractivity contribution in [3.8, 4) is 11.4 Å². The maximum absolute atomic E-state index is 14.6. The highest BCUT2D eigenvalue weighted by Gasteiger charge is 2.38. The molecule has 0 aliphatic carbocycles. The summed E-state index contributed by atoms with van der Waals surface area (Å²) in [7, 11) is -2.08. The monoisotopic (exact) mass is 559 g/mol. The average Bonchev–Trinajstić information content (AvgIpc) is 3.30. The van der Waals surface area contributed by atoms with Gasteiger partial charge >= 0.3 is 7.60 Å². The van der Waals surface area contributed by atoms with Gasteiger partial charge in [-0.2, -0.15) is 0 Å². The number of methoxy groups -OCH3 is 1. The highest BCUT2D eigenvalue weighted by Crippen LogP contribution is 2.52. The van der Waals surface area contributed by atoms with Gasteiger partial charge in [0.05, 0.1) is 26.2 Å². The van der Waals surface area contributed by atoms with Crippen LogP contribution in [0.4, 0.5) is 0 Å². The Bertz CT molecular complexity index is 1590. The van der Waals surface area contributed by atoms with Gasteiger partial charge in [0.1, 0.15) is 11.2 Å². The molecule has 0 saturated heterocycles. The highest BCUT2D eigenvalue weighted by atomic mass is 35.5. The smallest absolute Gasteiger partial charge is 0.378 e. The number of aromatic nitrogens is 1. The summed E-state index contributed by atoms with van der Waals surface area (Å²) in [5.41, 5.74) is 4.44. The summed E-state index contributed by atoms with van der Waals surface area (Å²) in [4.78, 5) is 0. The lowest BCUT2D eigenvalue weighted by Gasteiger charge is -2.25. The molecule has 0 fully saturated rings. The summed E-state index contributed by atoms with van der Waals surface area (Å²) < 4.78 is 34.0. The first-order valence-corrected chi connectivity index (χ1v) is 14.9. The molecule has 0 N–H and O–H groups in total. The van der Waals surface area contributed by atoms with E-state index < -0.39 is 7.60 Å². The minimum atomic E-state index is -3.74. The van der Waals surface area contributed by atoms with E-state index in [9.17, 15) is 4.57 Å². The molecular weight excluding hydrogens is 529 g/mol. The second kappa shape index (κ2) is 11.8. The Labute approximate surface area is 234 Å². The molecule has 1 heterocycles. The fourth-order valence-electron chi connectivity index (χ4n) is 5.11. The summed E-state index contributed by atoms with van der Waals surface area (Å²) in [6.45, 7) is 4.14. The number of hydrogen-bond donors (Lipinski definition) is 0. The van der Waals surface area contributed by atoms with Crippen molar-refractivity contribution < 1.29 is 18.3 Å². The van der Waals surface area contributed by atoms with Crippen LogP contribution in [0.1, 0.15) is 36.6 Å². The number of hydrogen-bond acceptors (Lipinski definition) is 4. The van der Waals surface area contributed by atoms with E-state index in [0.29, 0.717) is 10.5 Å². The first-order chi connectivity index (χ1) is 19.0. The van der Waals surface area contributed by atoms with Crippen molar-refractivity contribution in [3.05, 3.63) is 125 Å². The van der Waals surface area contributed by atoms with Gasteiger partial charge in [-0.3, -0.25) is 4.57 Å². The molecule has 1 aromatic heterocycles. The van der Waals surface area contributed by atoms with Crippen molar-refractivity contribution in [3.63, 3.8) is 0 Å². The third-order valence-corrected chi connectivity index (χ3v) is 9.10. The second-order valence-corrected chi connectivity index (χ2v) is 11.4. The SMILES string of the molecule is CCOP(=O)(OCC)c1c2ccccc2c(C(c2ccccc2)c2ccc(OC)cc2)n1-c1ccc(Cl)cc1. The molecular formula is C32H31ClNO4P. The first-order valence-electron chi connectivity index (χ1n) is 13.0. The van der Waals surface area contributed by atoms with Crippen LogP contribution in [0.3, 0.4) is 0 Å². The second-order valence-electron chi connectivity index (χ2n) is 9.02. The number of nitrogens with zero attached hydrogens (tertiary/aromatic N) is 1. The van der Waals surface area contributed by atoms with Gasteiger partial charge in [-0.05, 0) is 61.4 Å². The summed E-state index contributed by atoms with van der Waals surface area (Å²) in [5, 5.41) is 2.40. The molecule has 4 aromatic carbocycles. The fourth-order valence-corrected chi connectivity index (χ4v) is 7.20.